The van der Waals surface area contributed by atoms with Crippen LogP contribution in [-0.2, 0) is 11.2 Å². The monoisotopic (exact) mass is 261 g/mol. The van der Waals surface area contributed by atoms with Crippen LogP contribution < -0.4 is 5.32 Å². The van der Waals surface area contributed by atoms with Crippen LogP contribution in [0, 0.1) is 5.82 Å². The predicted octanol–water partition coefficient (Wildman–Crippen LogP) is 1.75. The van der Waals surface area contributed by atoms with Crippen molar-refractivity contribution in [3.8, 4) is 11.3 Å². The maximum absolute atomic E-state index is 12.9. The Balaban J connectivity index is 1.70. The van der Waals surface area contributed by atoms with E-state index < -0.39 is 0 Å². The van der Waals surface area contributed by atoms with Crippen LogP contribution in [0.5, 0.6) is 0 Å². The quantitative estimate of drug-likeness (QED) is 0.885. The van der Waals surface area contributed by atoms with Gasteiger partial charge < -0.3 is 15.0 Å². The number of halogens is 1. The van der Waals surface area contributed by atoms with Crippen molar-refractivity contribution in [1.29, 1.82) is 0 Å². The predicted molar refractivity (Wildman–Crippen MR) is 70.3 cm³/mol. The van der Waals surface area contributed by atoms with E-state index in [1.807, 2.05) is 0 Å². The Morgan fingerprint density at radius 1 is 1.32 bits per heavy atom. The molecule has 2 N–H and O–H groups in total. The smallest absolute Gasteiger partial charge is 0.123 e. The second-order valence-corrected chi connectivity index (χ2v) is 4.68. The lowest BCUT2D eigenvalue weighted by Gasteiger charge is -2.22. The fourth-order valence-corrected chi connectivity index (χ4v) is 2.23. The van der Waals surface area contributed by atoms with Gasteiger partial charge in [-0.15, -0.1) is 0 Å². The highest BCUT2D eigenvalue weighted by Crippen LogP contribution is 2.17. The minimum Gasteiger partial charge on any atom is -0.379 e. The highest BCUT2D eigenvalue weighted by molar-refractivity contribution is 5.58. The molecule has 5 heteroatoms. The summed E-state index contributed by atoms with van der Waals surface area (Å²) < 4.78 is 18.3. The Morgan fingerprint density at radius 2 is 2.16 bits per heavy atom. The fraction of sp³-hybridized carbons (Fsp3) is 0.357. The maximum Gasteiger partial charge on any atom is 0.123 e. The summed E-state index contributed by atoms with van der Waals surface area (Å²) >= 11 is 0. The lowest BCUT2D eigenvalue weighted by molar-refractivity contribution is 0.0764. The molecule has 1 aliphatic rings. The van der Waals surface area contributed by atoms with Gasteiger partial charge in [-0.3, -0.25) is 0 Å². The zero-order chi connectivity index (χ0) is 13.1. The Morgan fingerprint density at radius 3 is 2.89 bits per heavy atom. The van der Waals surface area contributed by atoms with Crippen molar-refractivity contribution in [2.45, 2.75) is 12.5 Å². The third-order valence-electron chi connectivity index (χ3n) is 3.22. The molecular formula is C14H16FN3O. The summed E-state index contributed by atoms with van der Waals surface area (Å²) in [4.78, 5) is 7.63. The molecule has 0 bridgehead atoms. The zero-order valence-electron chi connectivity index (χ0n) is 10.5. The molecule has 3 rings (SSSR count). The molecule has 100 valence electrons. The number of hydrogen-bond acceptors (Lipinski definition) is 3. The van der Waals surface area contributed by atoms with E-state index in [1.165, 1.54) is 12.1 Å². The summed E-state index contributed by atoms with van der Waals surface area (Å²) in [6.07, 6.45) is 2.59. The van der Waals surface area contributed by atoms with E-state index in [0.717, 1.165) is 36.7 Å². The Labute approximate surface area is 111 Å². The van der Waals surface area contributed by atoms with E-state index >= 15 is 0 Å². The SMILES string of the molecule is Fc1ccc(-c2cnc(CC3COCCN3)[nH]2)cc1. The van der Waals surface area contributed by atoms with E-state index in [-0.39, 0.29) is 5.82 Å². The summed E-state index contributed by atoms with van der Waals surface area (Å²) in [7, 11) is 0. The van der Waals surface area contributed by atoms with Gasteiger partial charge in [-0.1, -0.05) is 0 Å². The lowest BCUT2D eigenvalue weighted by Crippen LogP contribution is -2.42. The van der Waals surface area contributed by atoms with Crippen LogP contribution in [0.4, 0.5) is 4.39 Å². The van der Waals surface area contributed by atoms with Crippen molar-refractivity contribution in [2.24, 2.45) is 0 Å². The van der Waals surface area contributed by atoms with Crippen LogP contribution in [0.25, 0.3) is 11.3 Å². The van der Waals surface area contributed by atoms with Crippen LogP contribution in [0.1, 0.15) is 5.82 Å². The number of H-pyrrole nitrogens is 1. The van der Waals surface area contributed by atoms with Crippen molar-refractivity contribution in [3.05, 3.63) is 42.1 Å². The molecule has 1 aliphatic heterocycles. The maximum atomic E-state index is 12.9. The van der Waals surface area contributed by atoms with Gasteiger partial charge in [0.1, 0.15) is 11.6 Å². The zero-order valence-corrected chi connectivity index (χ0v) is 10.5. The highest BCUT2D eigenvalue weighted by Gasteiger charge is 2.15. The summed E-state index contributed by atoms with van der Waals surface area (Å²) in [5.41, 5.74) is 1.85. The number of hydrogen-bond donors (Lipinski definition) is 2. The van der Waals surface area contributed by atoms with Crippen molar-refractivity contribution in [2.75, 3.05) is 19.8 Å². The second kappa shape index (κ2) is 5.50. The van der Waals surface area contributed by atoms with Gasteiger partial charge in [-0.2, -0.15) is 0 Å². The Hall–Kier alpha value is -1.72. The number of benzene rings is 1. The van der Waals surface area contributed by atoms with Gasteiger partial charge in [-0.05, 0) is 29.8 Å². The molecule has 2 aromatic rings. The number of morpholine rings is 1. The van der Waals surface area contributed by atoms with Crippen LogP contribution in [0.2, 0.25) is 0 Å². The molecule has 1 aromatic heterocycles. The van der Waals surface area contributed by atoms with E-state index in [9.17, 15) is 4.39 Å². The fourth-order valence-electron chi connectivity index (χ4n) is 2.23. The first-order valence-corrected chi connectivity index (χ1v) is 6.42. The largest absolute Gasteiger partial charge is 0.379 e. The first kappa shape index (κ1) is 12.3. The summed E-state index contributed by atoms with van der Waals surface area (Å²) in [5, 5.41) is 3.39. The number of ether oxygens (including phenoxy) is 1. The molecule has 1 saturated heterocycles. The molecule has 19 heavy (non-hydrogen) atoms. The number of rotatable bonds is 3. The van der Waals surface area contributed by atoms with Crippen LogP contribution >= 0.6 is 0 Å². The molecule has 0 saturated carbocycles. The second-order valence-electron chi connectivity index (χ2n) is 4.68. The lowest BCUT2D eigenvalue weighted by atomic mass is 10.2. The third-order valence-corrected chi connectivity index (χ3v) is 3.22. The molecular weight excluding hydrogens is 245 g/mol. The number of aromatic amines is 1. The molecule has 0 aliphatic carbocycles. The van der Waals surface area contributed by atoms with E-state index in [4.69, 9.17) is 4.74 Å². The average Bonchev–Trinajstić information content (AvgIpc) is 2.89. The molecule has 0 amide bonds. The molecule has 4 nitrogen and oxygen atoms in total. The summed E-state index contributed by atoms with van der Waals surface area (Å²) in [6, 6.07) is 6.70. The Kier molecular flexibility index (Phi) is 3.57. The molecule has 1 unspecified atom stereocenters. The average molecular weight is 261 g/mol. The van der Waals surface area contributed by atoms with Crippen molar-refractivity contribution < 1.29 is 9.13 Å². The van der Waals surface area contributed by atoms with Crippen LogP contribution in [-0.4, -0.2) is 35.8 Å². The van der Waals surface area contributed by atoms with Gasteiger partial charge >= 0.3 is 0 Å². The summed E-state index contributed by atoms with van der Waals surface area (Å²) in [5.74, 6) is 0.689. The van der Waals surface area contributed by atoms with Gasteiger partial charge in [0.2, 0.25) is 0 Å². The normalized spacial score (nSPS) is 19.5. The van der Waals surface area contributed by atoms with Gasteiger partial charge in [0, 0.05) is 19.0 Å². The summed E-state index contributed by atoms with van der Waals surface area (Å²) in [6.45, 7) is 2.37. The number of nitrogens with one attached hydrogen (secondary N) is 2. The standard InChI is InChI=1S/C14H16FN3O/c15-11-3-1-10(2-4-11)13-8-17-14(18-13)7-12-9-19-6-5-16-12/h1-4,8,12,16H,5-7,9H2,(H,17,18). The highest BCUT2D eigenvalue weighted by atomic mass is 19.1. The molecule has 1 atom stereocenters. The molecule has 1 aromatic carbocycles. The van der Waals surface area contributed by atoms with Crippen molar-refractivity contribution in [3.63, 3.8) is 0 Å². The van der Waals surface area contributed by atoms with Gasteiger partial charge in [0.15, 0.2) is 0 Å². The van der Waals surface area contributed by atoms with Crippen molar-refractivity contribution >= 4 is 0 Å². The van der Waals surface area contributed by atoms with E-state index in [1.54, 1.807) is 18.3 Å². The topological polar surface area (TPSA) is 49.9 Å². The molecule has 2 heterocycles. The van der Waals surface area contributed by atoms with E-state index in [0.29, 0.717) is 12.6 Å². The van der Waals surface area contributed by atoms with Crippen molar-refractivity contribution in [1.82, 2.24) is 15.3 Å². The minimum atomic E-state index is -0.230. The van der Waals surface area contributed by atoms with Crippen LogP contribution in [0.15, 0.2) is 30.5 Å². The van der Waals surface area contributed by atoms with Gasteiger partial charge in [0.25, 0.3) is 0 Å². The molecule has 0 spiro atoms. The number of aromatic nitrogens is 2. The first-order chi connectivity index (χ1) is 9.31. The van der Waals surface area contributed by atoms with Gasteiger partial charge in [0.05, 0.1) is 25.1 Å². The number of imidazole rings is 1. The third kappa shape index (κ3) is 3.00. The minimum absolute atomic E-state index is 0.230. The van der Waals surface area contributed by atoms with Gasteiger partial charge in [-0.25, -0.2) is 9.37 Å². The van der Waals surface area contributed by atoms with E-state index in [2.05, 4.69) is 15.3 Å². The van der Waals surface area contributed by atoms with Crippen LogP contribution in [0.3, 0.4) is 0 Å². The molecule has 1 fully saturated rings. The molecule has 0 radical (unpaired) electrons. The Bertz CT molecular complexity index is 532. The number of nitrogens with zero attached hydrogens (tertiary/aromatic N) is 1. The first-order valence-electron chi connectivity index (χ1n) is 6.42.